The molecule has 2 saturated carbocycles. The number of nitrogens with one attached hydrogen (secondary N) is 1. The molecule has 3 rings (SSSR count). The van der Waals surface area contributed by atoms with E-state index in [9.17, 15) is 18.3 Å². The van der Waals surface area contributed by atoms with Gasteiger partial charge in [-0.2, -0.15) is 0 Å². The van der Waals surface area contributed by atoms with Crippen LogP contribution in [0.2, 0.25) is 0 Å². The fraction of sp³-hybridized carbons (Fsp3) is 0.583. The lowest BCUT2D eigenvalue weighted by molar-refractivity contribution is -0.144. The summed E-state index contributed by atoms with van der Waals surface area (Å²) in [5, 5.41) is 9.38. The lowest BCUT2D eigenvalue weighted by Gasteiger charge is -2.28. The molecule has 116 valence electrons. The monoisotopic (exact) mass is 457 g/mol. The Bertz CT molecular complexity index is 687. The zero-order valence-electron chi connectivity index (χ0n) is 10.8. The summed E-state index contributed by atoms with van der Waals surface area (Å²) in [7, 11) is -3.72. The summed E-state index contributed by atoms with van der Waals surface area (Å²) in [5.41, 5.74) is 0. The lowest BCUT2D eigenvalue weighted by Crippen LogP contribution is -2.46. The standard InChI is InChI=1S/C12H13Br2NO4S2/c13-8-4-7(11(14)20-8)21(18,19)15-10-6-2-1-5(3-6)9(10)12(16)17/h4-6,9-10,15H,1-3H2,(H,16,17). The van der Waals surface area contributed by atoms with Gasteiger partial charge in [0.25, 0.3) is 0 Å². The first kappa shape index (κ1) is 15.9. The van der Waals surface area contributed by atoms with Crippen LogP contribution < -0.4 is 4.72 Å². The van der Waals surface area contributed by atoms with Gasteiger partial charge in [0.05, 0.1) is 13.5 Å². The molecule has 9 heteroatoms. The van der Waals surface area contributed by atoms with Crippen molar-refractivity contribution in [2.24, 2.45) is 17.8 Å². The smallest absolute Gasteiger partial charge is 0.308 e. The Morgan fingerprint density at radius 2 is 2.00 bits per heavy atom. The molecule has 0 spiro atoms. The quantitative estimate of drug-likeness (QED) is 0.726. The van der Waals surface area contributed by atoms with Crippen molar-refractivity contribution >= 4 is 59.2 Å². The average molecular weight is 459 g/mol. The molecule has 0 saturated heterocycles. The Hall–Kier alpha value is 0.0400. The number of hydrogen-bond donors (Lipinski definition) is 2. The Balaban J connectivity index is 1.88. The van der Waals surface area contributed by atoms with Gasteiger partial charge in [-0.15, -0.1) is 11.3 Å². The summed E-state index contributed by atoms with van der Waals surface area (Å²) < 4.78 is 28.9. The van der Waals surface area contributed by atoms with Crippen molar-refractivity contribution in [3.05, 3.63) is 13.6 Å². The van der Waals surface area contributed by atoms with E-state index < -0.39 is 28.0 Å². The second-order valence-corrected chi connectivity index (χ2v) is 11.0. The maximum atomic E-state index is 12.5. The van der Waals surface area contributed by atoms with Crippen LogP contribution in [0.4, 0.5) is 0 Å². The van der Waals surface area contributed by atoms with Crippen molar-refractivity contribution in [1.29, 1.82) is 0 Å². The molecule has 2 aliphatic rings. The van der Waals surface area contributed by atoms with Gasteiger partial charge >= 0.3 is 5.97 Å². The van der Waals surface area contributed by atoms with Crippen molar-refractivity contribution in [3.63, 3.8) is 0 Å². The highest BCUT2D eigenvalue weighted by atomic mass is 79.9. The van der Waals surface area contributed by atoms with Gasteiger partial charge < -0.3 is 5.11 Å². The van der Waals surface area contributed by atoms with Crippen LogP contribution in [0.5, 0.6) is 0 Å². The van der Waals surface area contributed by atoms with Gasteiger partial charge in [0.1, 0.15) is 4.90 Å². The number of carboxylic acids is 1. The van der Waals surface area contributed by atoms with E-state index in [1.165, 1.54) is 17.4 Å². The Labute approximate surface area is 143 Å². The number of fused-ring (bicyclic) bond motifs is 2. The van der Waals surface area contributed by atoms with Crippen LogP contribution in [0.1, 0.15) is 19.3 Å². The number of halogens is 2. The molecule has 0 aromatic carbocycles. The molecule has 2 aliphatic carbocycles. The highest BCUT2D eigenvalue weighted by molar-refractivity contribution is 9.12. The molecule has 1 heterocycles. The SMILES string of the molecule is O=C(O)C1C2CCC(C2)C1NS(=O)(=O)c1cc(Br)sc1Br. The molecule has 2 N–H and O–H groups in total. The molecule has 0 amide bonds. The van der Waals surface area contributed by atoms with Crippen LogP contribution in [0, 0.1) is 17.8 Å². The third kappa shape index (κ3) is 2.83. The molecule has 4 atom stereocenters. The topological polar surface area (TPSA) is 83.5 Å². The molecular weight excluding hydrogens is 446 g/mol. The average Bonchev–Trinajstić information content (AvgIpc) is 3.02. The van der Waals surface area contributed by atoms with E-state index in [1.54, 1.807) is 0 Å². The van der Waals surface area contributed by atoms with E-state index in [4.69, 9.17) is 0 Å². The summed E-state index contributed by atoms with van der Waals surface area (Å²) in [6.07, 6.45) is 2.59. The summed E-state index contributed by atoms with van der Waals surface area (Å²) in [4.78, 5) is 11.6. The van der Waals surface area contributed by atoms with E-state index >= 15 is 0 Å². The molecular formula is C12H13Br2NO4S2. The van der Waals surface area contributed by atoms with Crippen molar-refractivity contribution < 1.29 is 18.3 Å². The second kappa shape index (κ2) is 5.59. The fourth-order valence-corrected chi connectivity index (χ4v) is 8.71. The van der Waals surface area contributed by atoms with Crippen molar-refractivity contribution in [1.82, 2.24) is 4.72 Å². The number of sulfonamides is 1. The minimum Gasteiger partial charge on any atom is -0.481 e. The summed E-state index contributed by atoms with van der Waals surface area (Å²) in [5.74, 6) is -1.29. The molecule has 0 radical (unpaired) electrons. The highest BCUT2D eigenvalue weighted by Gasteiger charge is 2.52. The van der Waals surface area contributed by atoms with E-state index in [2.05, 4.69) is 36.6 Å². The minimum atomic E-state index is -3.72. The molecule has 1 aromatic heterocycles. The third-order valence-corrected chi connectivity index (χ3v) is 8.62. The van der Waals surface area contributed by atoms with Crippen LogP contribution >= 0.6 is 43.2 Å². The third-order valence-electron chi connectivity index (χ3n) is 4.41. The van der Waals surface area contributed by atoms with Gasteiger partial charge in [-0.1, -0.05) is 0 Å². The number of thiophene rings is 1. The molecule has 2 bridgehead atoms. The fourth-order valence-electron chi connectivity index (χ4n) is 3.57. The zero-order chi connectivity index (χ0) is 15.4. The van der Waals surface area contributed by atoms with Gasteiger partial charge in [-0.3, -0.25) is 4.79 Å². The number of hydrogen-bond acceptors (Lipinski definition) is 4. The minimum absolute atomic E-state index is 0.0952. The first-order chi connectivity index (χ1) is 9.79. The van der Waals surface area contributed by atoms with E-state index in [-0.39, 0.29) is 16.7 Å². The van der Waals surface area contributed by atoms with Gasteiger partial charge in [0.15, 0.2) is 0 Å². The highest BCUT2D eigenvalue weighted by Crippen LogP contribution is 2.49. The maximum absolute atomic E-state index is 12.5. The first-order valence-corrected chi connectivity index (χ1v) is 10.4. The van der Waals surface area contributed by atoms with Crippen molar-refractivity contribution in [2.75, 3.05) is 0 Å². The molecule has 2 fully saturated rings. The van der Waals surface area contributed by atoms with E-state index in [0.29, 0.717) is 7.57 Å². The molecule has 5 nitrogen and oxygen atoms in total. The van der Waals surface area contributed by atoms with Crippen molar-refractivity contribution in [3.8, 4) is 0 Å². The predicted octanol–water partition coefficient (Wildman–Crippen LogP) is 3.05. The molecule has 4 unspecified atom stereocenters. The lowest BCUT2D eigenvalue weighted by atomic mass is 9.85. The molecule has 0 aliphatic heterocycles. The van der Waals surface area contributed by atoms with Gasteiger partial charge in [0, 0.05) is 6.04 Å². The van der Waals surface area contributed by atoms with Gasteiger partial charge in [-0.05, 0) is 69.0 Å². The van der Waals surface area contributed by atoms with E-state index in [1.807, 2.05) is 0 Å². The van der Waals surface area contributed by atoms with Crippen LogP contribution in [-0.2, 0) is 14.8 Å². The Morgan fingerprint density at radius 3 is 2.57 bits per heavy atom. The van der Waals surface area contributed by atoms with Crippen molar-refractivity contribution in [2.45, 2.75) is 30.2 Å². The zero-order valence-corrected chi connectivity index (χ0v) is 15.6. The normalized spacial score (nSPS) is 31.7. The first-order valence-electron chi connectivity index (χ1n) is 6.49. The summed E-state index contributed by atoms with van der Waals surface area (Å²) in [6.45, 7) is 0. The van der Waals surface area contributed by atoms with Crippen LogP contribution in [0.3, 0.4) is 0 Å². The van der Waals surface area contributed by atoms with Gasteiger partial charge in [-0.25, -0.2) is 13.1 Å². The second-order valence-electron chi connectivity index (χ2n) is 5.53. The van der Waals surface area contributed by atoms with Crippen LogP contribution in [0.15, 0.2) is 18.5 Å². The number of carboxylic acid groups (broad SMARTS) is 1. The number of carbonyl (C=O) groups is 1. The van der Waals surface area contributed by atoms with E-state index in [0.717, 1.165) is 19.3 Å². The van der Waals surface area contributed by atoms with Crippen LogP contribution in [0.25, 0.3) is 0 Å². The summed E-state index contributed by atoms with van der Waals surface area (Å²) in [6, 6.07) is 1.02. The Morgan fingerprint density at radius 1 is 1.33 bits per heavy atom. The molecule has 21 heavy (non-hydrogen) atoms. The Kier molecular flexibility index (Phi) is 4.24. The van der Waals surface area contributed by atoms with Gasteiger partial charge in [0.2, 0.25) is 10.0 Å². The number of rotatable bonds is 4. The molecule has 1 aromatic rings. The number of aliphatic carboxylic acids is 1. The summed E-state index contributed by atoms with van der Waals surface area (Å²) >= 11 is 7.77. The predicted molar refractivity (Wildman–Crippen MR) is 85.8 cm³/mol. The maximum Gasteiger partial charge on any atom is 0.308 e. The van der Waals surface area contributed by atoms with Crippen LogP contribution in [-0.4, -0.2) is 25.5 Å². The largest absolute Gasteiger partial charge is 0.481 e.